The largest absolute Gasteiger partial charge is 0.335 e. The summed E-state index contributed by atoms with van der Waals surface area (Å²) in [6.07, 6.45) is 0. The topological polar surface area (TPSA) is 70.2 Å². The number of amides is 3. The minimum absolute atomic E-state index is 0.285. The van der Waals surface area contributed by atoms with E-state index >= 15 is 0 Å². The van der Waals surface area contributed by atoms with Gasteiger partial charge in [-0.15, -0.1) is 0 Å². The summed E-state index contributed by atoms with van der Waals surface area (Å²) >= 11 is 11.8. The molecular weight excluding hydrogens is 253 g/mol. The van der Waals surface area contributed by atoms with Crippen LogP contribution in [0.5, 0.6) is 0 Å². The van der Waals surface area contributed by atoms with Crippen molar-refractivity contribution < 1.29 is 9.59 Å². The number of hydrogen-bond acceptors (Lipinski definition) is 3. The molecule has 1 saturated heterocycles. The number of halogens is 2. The first-order valence-electron chi connectivity index (χ1n) is 4.40. The number of rotatable bonds is 1. The van der Waals surface area contributed by atoms with Gasteiger partial charge in [-0.05, 0) is 6.07 Å². The molecular formula is C9H7Cl2N3O2. The SMILES string of the molecule is O=C1NNC(c2cccc(Cl)c2Cl)C(=O)N1. The van der Waals surface area contributed by atoms with E-state index in [9.17, 15) is 9.59 Å². The predicted octanol–water partition coefficient (Wildman–Crippen LogP) is 1.38. The monoisotopic (exact) mass is 259 g/mol. The molecule has 16 heavy (non-hydrogen) atoms. The van der Waals surface area contributed by atoms with Gasteiger partial charge in [-0.25, -0.2) is 10.2 Å². The van der Waals surface area contributed by atoms with Gasteiger partial charge in [-0.1, -0.05) is 35.3 Å². The van der Waals surface area contributed by atoms with E-state index < -0.39 is 18.0 Å². The fraction of sp³-hybridized carbons (Fsp3) is 0.111. The van der Waals surface area contributed by atoms with E-state index in [1.165, 1.54) is 0 Å². The minimum Gasteiger partial charge on any atom is -0.275 e. The summed E-state index contributed by atoms with van der Waals surface area (Å²) in [5, 5.41) is 2.76. The number of carbonyl (C=O) groups excluding carboxylic acids is 2. The van der Waals surface area contributed by atoms with Crippen molar-refractivity contribution >= 4 is 35.1 Å². The smallest absolute Gasteiger partial charge is 0.275 e. The van der Waals surface area contributed by atoms with Crippen LogP contribution >= 0.6 is 23.2 Å². The van der Waals surface area contributed by atoms with Crippen LogP contribution in [0.15, 0.2) is 18.2 Å². The third-order valence-corrected chi connectivity index (χ3v) is 2.95. The van der Waals surface area contributed by atoms with E-state index in [2.05, 4.69) is 16.2 Å². The molecule has 0 bridgehead atoms. The van der Waals surface area contributed by atoms with Gasteiger partial charge in [0.2, 0.25) is 0 Å². The summed E-state index contributed by atoms with van der Waals surface area (Å²) < 4.78 is 0. The first-order chi connectivity index (χ1) is 7.59. The maximum atomic E-state index is 11.5. The van der Waals surface area contributed by atoms with Crippen LogP contribution in [-0.4, -0.2) is 11.9 Å². The molecule has 1 heterocycles. The van der Waals surface area contributed by atoms with E-state index in [1.54, 1.807) is 18.2 Å². The van der Waals surface area contributed by atoms with Crippen LogP contribution in [0.1, 0.15) is 11.6 Å². The average Bonchev–Trinajstić information content (AvgIpc) is 2.23. The van der Waals surface area contributed by atoms with E-state index in [4.69, 9.17) is 23.2 Å². The quantitative estimate of drug-likeness (QED) is 0.714. The molecule has 1 fully saturated rings. The zero-order valence-electron chi connectivity index (χ0n) is 7.88. The van der Waals surface area contributed by atoms with Gasteiger partial charge in [0.25, 0.3) is 5.91 Å². The second-order valence-electron chi connectivity index (χ2n) is 3.16. The van der Waals surface area contributed by atoms with Gasteiger partial charge in [0, 0.05) is 5.56 Å². The molecule has 1 atom stereocenters. The van der Waals surface area contributed by atoms with Crippen LogP contribution < -0.4 is 16.2 Å². The van der Waals surface area contributed by atoms with Crippen molar-refractivity contribution in [3.63, 3.8) is 0 Å². The highest BCUT2D eigenvalue weighted by Crippen LogP contribution is 2.30. The lowest BCUT2D eigenvalue weighted by Crippen LogP contribution is -2.58. The molecule has 7 heteroatoms. The minimum atomic E-state index is -0.746. The summed E-state index contributed by atoms with van der Waals surface area (Å²) in [7, 11) is 0. The fourth-order valence-electron chi connectivity index (χ4n) is 1.38. The first kappa shape index (κ1) is 11.2. The van der Waals surface area contributed by atoms with Crippen LogP contribution in [0.2, 0.25) is 10.0 Å². The molecule has 2 rings (SSSR count). The molecule has 1 aromatic rings. The van der Waals surface area contributed by atoms with E-state index in [1.807, 2.05) is 0 Å². The van der Waals surface area contributed by atoms with E-state index in [0.29, 0.717) is 10.6 Å². The van der Waals surface area contributed by atoms with E-state index in [0.717, 1.165) is 0 Å². The lowest BCUT2D eigenvalue weighted by molar-refractivity contribution is -0.123. The van der Waals surface area contributed by atoms with Gasteiger partial charge in [0.05, 0.1) is 10.0 Å². The van der Waals surface area contributed by atoms with Crippen molar-refractivity contribution in [1.82, 2.24) is 16.2 Å². The molecule has 5 nitrogen and oxygen atoms in total. The van der Waals surface area contributed by atoms with Gasteiger partial charge in [0.15, 0.2) is 0 Å². The molecule has 0 aromatic heterocycles. The molecule has 1 unspecified atom stereocenters. The zero-order chi connectivity index (χ0) is 11.7. The Morgan fingerprint density at radius 2 is 1.94 bits per heavy atom. The number of hydrogen-bond donors (Lipinski definition) is 3. The number of imide groups is 1. The van der Waals surface area contributed by atoms with Crippen LogP contribution in [0.4, 0.5) is 4.79 Å². The predicted molar refractivity (Wildman–Crippen MR) is 59.0 cm³/mol. The number of nitrogens with one attached hydrogen (secondary N) is 3. The first-order valence-corrected chi connectivity index (χ1v) is 5.15. The Bertz CT molecular complexity index is 464. The Labute approximate surface area is 101 Å². The van der Waals surface area contributed by atoms with Crippen LogP contribution in [-0.2, 0) is 4.79 Å². The van der Waals surface area contributed by atoms with Gasteiger partial charge >= 0.3 is 6.03 Å². The molecule has 0 radical (unpaired) electrons. The number of hydrazine groups is 1. The molecule has 1 aliphatic heterocycles. The second-order valence-corrected chi connectivity index (χ2v) is 3.95. The zero-order valence-corrected chi connectivity index (χ0v) is 9.39. The van der Waals surface area contributed by atoms with Crippen LogP contribution in [0.3, 0.4) is 0 Å². The van der Waals surface area contributed by atoms with Crippen LogP contribution in [0.25, 0.3) is 0 Å². The van der Waals surface area contributed by atoms with Crippen molar-refractivity contribution in [2.45, 2.75) is 6.04 Å². The number of urea groups is 1. The highest BCUT2D eigenvalue weighted by Gasteiger charge is 2.29. The van der Waals surface area contributed by atoms with Crippen molar-refractivity contribution in [2.75, 3.05) is 0 Å². The summed E-state index contributed by atoms with van der Waals surface area (Å²) in [6.45, 7) is 0. The Hall–Kier alpha value is -1.30. The Morgan fingerprint density at radius 3 is 2.62 bits per heavy atom. The fourth-order valence-corrected chi connectivity index (χ4v) is 1.80. The highest BCUT2D eigenvalue weighted by atomic mass is 35.5. The highest BCUT2D eigenvalue weighted by molar-refractivity contribution is 6.42. The summed E-state index contributed by atoms with van der Waals surface area (Å²) in [6, 6.07) is 3.60. The van der Waals surface area contributed by atoms with Crippen molar-refractivity contribution in [3.05, 3.63) is 33.8 Å². The van der Waals surface area contributed by atoms with Gasteiger partial charge in [0.1, 0.15) is 6.04 Å². The van der Waals surface area contributed by atoms with Gasteiger partial charge < -0.3 is 0 Å². The lowest BCUT2D eigenvalue weighted by atomic mass is 10.1. The van der Waals surface area contributed by atoms with Gasteiger partial charge in [-0.3, -0.25) is 15.5 Å². The number of benzene rings is 1. The molecule has 1 aliphatic rings. The maximum absolute atomic E-state index is 11.5. The van der Waals surface area contributed by atoms with E-state index in [-0.39, 0.29) is 5.02 Å². The standard InChI is InChI=1S/C9H7Cl2N3O2/c10-5-3-1-2-4(6(5)11)7-8(15)12-9(16)14-13-7/h1-3,7,13H,(H2,12,14,15,16). The maximum Gasteiger partial charge on any atom is 0.335 e. The van der Waals surface area contributed by atoms with Crippen molar-refractivity contribution in [3.8, 4) is 0 Å². The molecule has 3 amide bonds. The Kier molecular flexibility index (Phi) is 3.00. The normalized spacial score (nSPS) is 20.2. The molecule has 1 aromatic carbocycles. The van der Waals surface area contributed by atoms with Gasteiger partial charge in [-0.2, -0.15) is 0 Å². The molecule has 0 spiro atoms. The third-order valence-electron chi connectivity index (χ3n) is 2.12. The molecule has 84 valence electrons. The third kappa shape index (κ3) is 1.97. The lowest BCUT2D eigenvalue weighted by Gasteiger charge is -2.24. The number of carbonyl (C=O) groups is 2. The van der Waals surface area contributed by atoms with Crippen molar-refractivity contribution in [2.24, 2.45) is 0 Å². The second kappa shape index (κ2) is 4.29. The molecule has 0 saturated carbocycles. The Balaban J connectivity index is 2.34. The Morgan fingerprint density at radius 1 is 1.19 bits per heavy atom. The molecule has 3 N–H and O–H groups in total. The summed E-state index contributed by atoms with van der Waals surface area (Å²) in [5.41, 5.74) is 5.34. The van der Waals surface area contributed by atoms with Crippen molar-refractivity contribution in [1.29, 1.82) is 0 Å². The summed E-state index contributed by atoms with van der Waals surface area (Å²) in [4.78, 5) is 22.4. The molecule has 0 aliphatic carbocycles. The summed E-state index contributed by atoms with van der Waals surface area (Å²) in [5.74, 6) is -0.479. The van der Waals surface area contributed by atoms with Crippen LogP contribution in [0, 0.1) is 0 Å². The average molecular weight is 260 g/mol.